The van der Waals surface area contributed by atoms with Crippen LogP contribution in [0.5, 0.6) is 0 Å². The smallest absolute Gasteiger partial charge is 0.233 e. The van der Waals surface area contributed by atoms with Crippen LogP contribution in [0, 0.1) is 11.8 Å². The zero-order chi connectivity index (χ0) is 23.7. The Morgan fingerprint density at radius 1 is 1.32 bits per heavy atom. The second-order valence-corrected chi connectivity index (χ2v) is 9.29. The molecule has 8 nitrogen and oxygen atoms in total. The van der Waals surface area contributed by atoms with Gasteiger partial charge < -0.3 is 10.2 Å². The molecule has 1 amide bonds. The Bertz CT molecular complexity index is 1170. The highest BCUT2D eigenvalue weighted by atomic mass is 16.2. The average molecular weight is 458 g/mol. The Hall–Kier alpha value is -3.55. The van der Waals surface area contributed by atoms with Crippen LogP contribution in [0.4, 0.5) is 5.82 Å². The van der Waals surface area contributed by atoms with Gasteiger partial charge in [0.2, 0.25) is 5.91 Å². The predicted molar refractivity (Wildman–Crippen MR) is 134 cm³/mol. The van der Waals surface area contributed by atoms with Gasteiger partial charge in [-0.25, -0.2) is 9.67 Å². The Kier molecular flexibility index (Phi) is 6.13. The van der Waals surface area contributed by atoms with Crippen LogP contribution >= 0.6 is 0 Å². The van der Waals surface area contributed by atoms with Gasteiger partial charge in [0.25, 0.3) is 0 Å². The third kappa shape index (κ3) is 4.85. The summed E-state index contributed by atoms with van der Waals surface area (Å²) in [6, 6.07) is 6.05. The quantitative estimate of drug-likeness (QED) is 0.447. The van der Waals surface area contributed by atoms with Gasteiger partial charge in [-0.2, -0.15) is 0 Å². The standard InChI is InChI=1S/C26H31N7O/c1-4-27-16-32(20-12-13-20)18(3)23-6-5-7-25(28-23)29-26(34)22-14-21(11-8-17(22)2)33-15-24(30-31-33)19-9-10-19/h5-8,11,14-17,19-20,22H,3-4,9-10,12-13H2,1-2H3,(H,28,29,34)/b27-16-. The zero-order valence-electron chi connectivity index (χ0n) is 19.8. The highest BCUT2D eigenvalue weighted by Gasteiger charge is 2.31. The Labute approximate surface area is 200 Å². The van der Waals surface area contributed by atoms with Gasteiger partial charge in [-0.15, -0.1) is 5.10 Å². The van der Waals surface area contributed by atoms with Crippen LogP contribution in [0.2, 0.25) is 0 Å². The van der Waals surface area contributed by atoms with E-state index in [-0.39, 0.29) is 17.7 Å². The van der Waals surface area contributed by atoms with Crippen LogP contribution in [0.25, 0.3) is 11.4 Å². The van der Waals surface area contributed by atoms with Gasteiger partial charge in [-0.05, 0) is 62.8 Å². The number of pyridine rings is 1. The summed E-state index contributed by atoms with van der Waals surface area (Å²) >= 11 is 0. The van der Waals surface area contributed by atoms with E-state index < -0.39 is 0 Å². The molecule has 2 fully saturated rings. The van der Waals surface area contributed by atoms with Crippen LogP contribution in [-0.4, -0.2) is 49.7 Å². The zero-order valence-corrected chi connectivity index (χ0v) is 19.8. The maximum Gasteiger partial charge on any atom is 0.233 e. The molecule has 0 saturated heterocycles. The molecule has 8 heteroatoms. The van der Waals surface area contributed by atoms with E-state index in [9.17, 15) is 4.79 Å². The van der Waals surface area contributed by atoms with Crippen LogP contribution in [0.1, 0.15) is 56.8 Å². The molecular formula is C26H31N7O. The normalized spacial score (nSPS) is 22.0. The van der Waals surface area contributed by atoms with Crippen molar-refractivity contribution >= 4 is 29.5 Å². The van der Waals surface area contributed by atoms with E-state index >= 15 is 0 Å². The third-order valence-corrected chi connectivity index (χ3v) is 6.50. The van der Waals surface area contributed by atoms with Crippen molar-refractivity contribution in [2.75, 3.05) is 11.9 Å². The molecule has 0 bridgehead atoms. The fourth-order valence-corrected chi connectivity index (χ4v) is 4.11. The van der Waals surface area contributed by atoms with Gasteiger partial charge in [0.15, 0.2) is 0 Å². The van der Waals surface area contributed by atoms with E-state index in [1.54, 1.807) is 4.68 Å². The van der Waals surface area contributed by atoms with Crippen molar-refractivity contribution in [1.82, 2.24) is 24.9 Å². The van der Waals surface area contributed by atoms with Crippen LogP contribution in [-0.2, 0) is 4.79 Å². The first-order chi connectivity index (χ1) is 16.5. The second-order valence-electron chi connectivity index (χ2n) is 9.29. The number of nitrogens with one attached hydrogen (secondary N) is 1. The van der Waals surface area contributed by atoms with E-state index in [1.165, 1.54) is 12.8 Å². The highest BCUT2D eigenvalue weighted by Crippen LogP contribution is 2.39. The lowest BCUT2D eigenvalue weighted by Crippen LogP contribution is -2.28. The number of hydrogen-bond donors (Lipinski definition) is 1. The van der Waals surface area contributed by atoms with Gasteiger partial charge in [-0.3, -0.25) is 9.79 Å². The van der Waals surface area contributed by atoms with Crippen molar-refractivity contribution in [2.45, 2.75) is 51.5 Å². The SMILES string of the molecule is C=C(c1cccc(NC(=O)C2C=C(n3cc(C4CC4)nn3)C=CC2C)n1)N(/C=N\CC)C1CC1. The molecule has 2 aromatic rings. The van der Waals surface area contributed by atoms with E-state index in [4.69, 9.17) is 0 Å². The fourth-order valence-electron chi connectivity index (χ4n) is 4.11. The number of anilines is 1. The van der Waals surface area contributed by atoms with E-state index in [0.29, 0.717) is 17.8 Å². The Morgan fingerprint density at radius 3 is 2.88 bits per heavy atom. The predicted octanol–water partition coefficient (Wildman–Crippen LogP) is 4.34. The largest absolute Gasteiger partial charge is 0.328 e. The van der Waals surface area contributed by atoms with Crippen molar-refractivity contribution in [3.05, 3.63) is 60.6 Å². The number of rotatable bonds is 9. The van der Waals surface area contributed by atoms with E-state index in [1.807, 2.05) is 62.8 Å². The summed E-state index contributed by atoms with van der Waals surface area (Å²) in [6.07, 6.45) is 14.5. The summed E-state index contributed by atoms with van der Waals surface area (Å²) in [4.78, 5) is 24.4. The molecule has 1 N–H and O–H groups in total. The minimum atomic E-state index is -0.332. The Morgan fingerprint density at radius 2 is 2.15 bits per heavy atom. The number of aromatic nitrogens is 4. The summed E-state index contributed by atoms with van der Waals surface area (Å²) in [5.74, 6) is 0.682. The van der Waals surface area contributed by atoms with Crippen LogP contribution in [0.3, 0.4) is 0 Å². The van der Waals surface area contributed by atoms with Gasteiger partial charge >= 0.3 is 0 Å². The molecule has 2 heterocycles. The molecule has 3 aliphatic carbocycles. The topological polar surface area (TPSA) is 88.3 Å². The van der Waals surface area contributed by atoms with Crippen LogP contribution in [0.15, 0.2) is 54.2 Å². The van der Waals surface area contributed by atoms with E-state index in [2.05, 4.69) is 37.1 Å². The first-order valence-electron chi connectivity index (χ1n) is 12.1. The molecule has 2 saturated carbocycles. The molecule has 2 atom stereocenters. The third-order valence-electron chi connectivity index (χ3n) is 6.50. The summed E-state index contributed by atoms with van der Waals surface area (Å²) in [5.41, 5.74) is 3.42. The molecule has 2 aromatic heterocycles. The number of allylic oxidation sites excluding steroid dienone is 3. The number of amides is 1. The second kappa shape index (κ2) is 9.37. The lowest BCUT2D eigenvalue weighted by molar-refractivity contribution is -0.119. The maximum absolute atomic E-state index is 13.2. The van der Waals surface area contributed by atoms with Crippen LogP contribution < -0.4 is 5.32 Å². The molecule has 0 spiro atoms. The van der Waals surface area contributed by atoms with Gasteiger partial charge in [0.1, 0.15) is 5.82 Å². The van der Waals surface area contributed by atoms with Crippen molar-refractivity contribution in [2.24, 2.45) is 16.8 Å². The highest BCUT2D eigenvalue weighted by molar-refractivity contribution is 5.94. The summed E-state index contributed by atoms with van der Waals surface area (Å²) in [7, 11) is 0. The minimum Gasteiger partial charge on any atom is -0.328 e. The molecule has 0 aromatic carbocycles. The van der Waals surface area contributed by atoms with Gasteiger partial charge in [0, 0.05) is 18.5 Å². The number of carbonyl (C=O) groups excluding carboxylic acids is 1. The lowest BCUT2D eigenvalue weighted by Gasteiger charge is -2.23. The molecule has 3 aliphatic rings. The van der Waals surface area contributed by atoms with Crippen molar-refractivity contribution < 1.29 is 4.79 Å². The van der Waals surface area contributed by atoms with Gasteiger partial charge in [0.05, 0.1) is 41.2 Å². The van der Waals surface area contributed by atoms with Gasteiger partial charge in [-0.1, -0.05) is 30.9 Å². The van der Waals surface area contributed by atoms with E-state index in [0.717, 1.165) is 42.2 Å². The molecule has 2 unspecified atom stereocenters. The molecule has 5 rings (SSSR count). The molecule has 0 radical (unpaired) electrons. The molecular weight excluding hydrogens is 426 g/mol. The first kappa shape index (κ1) is 22.3. The molecule has 176 valence electrons. The number of nitrogens with zero attached hydrogens (tertiary/aromatic N) is 6. The molecule has 34 heavy (non-hydrogen) atoms. The lowest BCUT2D eigenvalue weighted by atomic mass is 9.88. The molecule has 0 aliphatic heterocycles. The van der Waals surface area contributed by atoms with Crippen molar-refractivity contribution in [3.8, 4) is 0 Å². The van der Waals surface area contributed by atoms with Crippen molar-refractivity contribution in [3.63, 3.8) is 0 Å². The average Bonchev–Trinajstić information content (AvgIpc) is 3.79. The number of hydrogen-bond acceptors (Lipinski definition) is 5. The minimum absolute atomic E-state index is 0.0592. The van der Waals surface area contributed by atoms with Crippen molar-refractivity contribution in [1.29, 1.82) is 0 Å². The Balaban J connectivity index is 1.30. The first-order valence-corrected chi connectivity index (χ1v) is 12.1. The maximum atomic E-state index is 13.2. The summed E-state index contributed by atoms with van der Waals surface area (Å²) in [5, 5.41) is 11.6. The monoisotopic (exact) mass is 457 g/mol. The summed E-state index contributed by atoms with van der Waals surface area (Å²) < 4.78 is 1.77. The number of carbonyl (C=O) groups is 1. The summed E-state index contributed by atoms with van der Waals surface area (Å²) in [6.45, 7) is 9.02. The fraction of sp³-hybridized carbons (Fsp3) is 0.423. The number of aliphatic imine (C=N–C) groups is 1.